The molecule has 0 fully saturated rings. The van der Waals surface area contributed by atoms with Gasteiger partial charge in [-0.05, 0) is 17.2 Å². The molecule has 23 heavy (non-hydrogen) atoms. The molecule has 3 rings (SSSR count). The van der Waals surface area contributed by atoms with Crippen LogP contribution in [0, 0.1) is 0 Å². The summed E-state index contributed by atoms with van der Waals surface area (Å²) in [5.41, 5.74) is 2.37. The molecule has 0 saturated heterocycles. The van der Waals surface area contributed by atoms with Crippen LogP contribution in [0.4, 0.5) is 0 Å². The lowest BCUT2D eigenvalue weighted by atomic mass is 10.2. The van der Waals surface area contributed by atoms with E-state index in [4.69, 9.17) is 16.3 Å². The smallest absolute Gasteiger partial charge is 0.227 e. The van der Waals surface area contributed by atoms with Crippen LogP contribution >= 0.6 is 23.4 Å². The summed E-state index contributed by atoms with van der Waals surface area (Å²) >= 11 is 7.76. The topological polar surface area (TPSA) is 22.1 Å². The Bertz CT molecular complexity index is 750. The molecule has 0 atom stereocenters. The summed E-state index contributed by atoms with van der Waals surface area (Å²) in [6, 6.07) is 22.3. The van der Waals surface area contributed by atoms with Gasteiger partial charge in [0.05, 0.1) is 9.92 Å². The Morgan fingerprint density at radius 3 is 2.26 bits per heavy atom. The van der Waals surface area contributed by atoms with Crippen LogP contribution in [0.25, 0.3) is 0 Å². The van der Waals surface area contributed by atoms with Gasteiger partial charge in [-0.1, -0.05) is 72.3 Å². The summed E-state index contributed by atoms with van der Waals surface area (Å²) in [4.78, 5) is 5.29. The largest absolute Gasteiger partial charge is 0.472 e. The molecule has 0 saturated carbocycles. The summed E-state index contributed by atoms with van der Waals surface area (Å²) in [6.07, 6.45) is 1.62. The van der Waals surface area contributed by atoms with Crippen LogP contribution in [0.1, 0.15) is 11.1 Å². The first-order valence-corrected chi connectivity index (χ1v) is 8.66. The molecule has 0 unspecified atom stereocenters. The first-order valence-electron chi connectivity index (χ1n) is 7.30. The summed E-state index contributed by atoms with van der Waals surface area (Å²) in [7, 11) is 0. The second-order valence-electron chi connectivity index (χ2n) is 5.01. The zero-order chi connectivity index (χ0) is 15.9. The highest BCUT2D eigenvalue weighted by Gasteiger charge is 2.08. The molecule has 2 nitrogen and oxygen atoms in total. The quantitative estimate of drug-likeness (QED) is 0.544. The number of ether oxygens (including phenoxy) is 1. The fraction of sp³-hybridized carbons (Fsp3) is 0.105. The zero-order valence-corrected chi connectivity index (χ0v) is 14.1. The minimum absolute atomic E-state index is 0.494. The Morgan fingerprint density at radius 1 is 0.913 bits per heavy atom. The molecule has 0 aliphatic carbocycles. The van der Waals surface area contributed by atoms with Gasteiger partial charge in [0.25, 0.3) is 0 Å². The van der Waals surface area contributed by atoms with E-state index in [1.54, 1.807) is 18.0 Å². The van der Waals surface area contributed by atoms with E-state index >= 15 is 0 Å². The third-order valence-electron chi connectivity index (χ3n) is 3.24. The first kappa shape index (κ1) is 15.9. The molecule has 1 heterocycles. The van der Waals surface area contributed by atoms with Gasteiger partial charge in [-0.2, -0.15) is 0 Å². The van der Waals surface area contributed by atoms with E-state index in [1.807, 2.05) is 54.6 Å². The monoisotopic (exact) mass is 341 g/mol. The molecule has 0 amide bonds. The Hall–Kier alpha value is -1.97. The molecule has 0 spiro atoms. The molecule has 2 aromatic carbocycles. The average molecular weight is 342 g/mol. The summed E-state index contributed by atoms with van der Waals surface area (Å²) in [6.45, 7) is 0.494. The summed E-state index contributed by atoms with van der Waals surface area (Å²) in [5.74, 6) is 1.48. The standard InChI is InChI=1S/C19H16ClNOS/c20-17-11-18(23-14-16-9-5-2-6-10-16)19(21-12-17)22-13-15-7-3-1-4-8-15/h1-12H,13-14H2. The van der Waals surface area contributed by atoms with Gasteiger partial charge >= 0.3 is 0 Å². The molecule has 3 aromatic rings. The third kappa shape index (κ3) is 4.75. The van der Waals surface area contributed by atoms with Crippen LogP contribution in [-0.2, 0) is 12.4 Å². The van der Waals surface area contributed by atoms with Crippen molar-refractivity contribution in [2.45, 2.75) is 17.3 Å². The van der Waals surface area contributed by atoms with Crippen LogP contribution < -0.4 is 4.74 Å². The van der Waals surface area contributed by atoms with Crippen molar-refractivity contribution in [2.75, 3.05) is 0 Å². The van der Waals surface area contributed by atoms with E-state index in [0.717, 1.165) is 16.2 Å². The lowest BCUT2D eigenvalue weighted by Gasteiger charge is -2.10. The van der Waals surface area contributed by atoms with Crippen LogP contribution in [0.3, 0.4) is 0 Å². The molecule has 0 radical (unpaired) electrons. The Kier molecular flexibility index (Phi) is 5.56. The molecule has 116 valence electrons. The van der Waals surface area contributed by atoms with Gasteiger partial charge in [0.2, 0.25) is 5.88 Å². The zero-order valence-electron chi connectivity index (χ0n) is 12.5. The summed E-state index contributed by atoms with van der Waals surface area (Å²) in [5, 5.41) is 0.618. The highest BCUT2D eigenvalue weighted by molar-refractivity contribution is 7.98. The lowest BCUT2D eigenvalue weighted by molar-refractivity contribution is 0.286. The molecular formula is C19H16ClNOS. The van der Waals surface area contributed by atoms with Crippen molar-refractivity contribution >= 4 is 23.4 Å². The molecule has 4 heteroatoms. The number of pyridine rings is 1. The summed E-state index contributed by atoms with van der Waals surface area (Å²) < 4.78 is 5.88. The van der Waals surface area contributed by atoms with Gasteiger partial charge in [0.1, 0.15) is 6.61 Å². The van der Waals surface area contributed by atoms with E-state index < -0.39 is 0 Å². The maximum atomic E-state index is 6.08. The number of hydrogen-bond acceptors (Lipinski definition) is 3. The highest BCUT2D eigenvalue weighted by atomic mass is 35.5. The molecule has 0 aliphatic rings. The van der Waals surface area contributed by atoms with Crippen LogP contribution in [-0.4, -0.2) is 4.98 Å². The number of nitrogens with zero attached hydrogens (tertiary/aromatic N) is 1. The van der Waals surface area contributed by atoms with E-state index in [-0.39, 0.29) is 0 Å². The molecule has 0 bridgehead atoms. The fourth-order valence-electron chi connectivity index (χ4n) is 2.08. The second-order valence-corrected chi connectivity index (χ2v) is 6.46. The van der Waals surface area contributed by atoms with Gasteiger partial charge in [0, 0.05) is 11.9 Å². The number of benzene rings is 2. The maximum Gasteiger partial charge on any atom is 0.227 e. The van der Waals surface area contributed by atoms with Gasteiger partial charge in [-0.25, -0.2) is 4.98 Å². The predicted molar refractivity (Wildman–Crippen MR) is 96.0 cm³/mol. The molecule has 0 aliphatic heterocycles. The van der Waals surface area contributed by atoms with Gasteiger partial charge in [-0.3, -0.25) is 0 Å². The van der Waals surface area contributed by atoms with Crippen molar-refractivity contribution in [1.82, 2.24) is 4.98 Å². The van der Waals surface area contributed by atoms with Crippen LogP contribution in [0.15, 0.2) is 77.8 Å². The van der Waals surface area contributed by atoms with E-state index in [2.05, 4.69) is 17.1 Å². The van der Waals surface area contributed by atoms with E-state index in [1.165, 1.54) is 5.56 Å². The normalized spacial score (nSPS) is 10.5. The van der Waals surface area contributed by atoms with E-state index in [9.17, 15) is 0 Å². The predicted octanol–water partition coefficient (Wildman–Crippen LogP) is 5.61. The number of halogens is 1. The number of rotatable bonds is 6. The van der Waals surface area contributed by atoms with Crippen molar-refractivity contribution in [3.8, 4) is 5.88 Å². The molecule has 0 N–H and O–H groups in total. The SMILES string of the molecule is Clc1cnc(OCc2ccccc2)c(SCc2ccccc2)c1. The average Bonchev–Trinajstić information content (AvgIpc) is 2.61. The Labute approximate surface area is 145 Å². The highest BCUT2D eigenvalue weighted by Crippen LogP contribution is 2.32. The Balaban J connectivity index is 1.70. The Morgan fingerprint density at radius 2 is 1.57 bits per heavy atom. The number of hydrogen-bond donors (Lipinski definition) is 0. The van der Waals surface area contributed by atoms with Crippen LogP contribution in [0.2, 0.25) is 5.02 Å². The van der Waals surface area contributed by atoms with Crippen LogP contribution in [0.5, 0.6) is 5.88 Å². The van der Waals surface area contributed by atoms with Gasteiger partial charge in [-0.15, -0.1) is 11.8 Å². The fourth-order valence-corrected chi connectivity index (χ4v) is 3.26. The first-order chi connectivity index (χ1) is 11.3. The van der Waals surface area contributed by atoms with Crippen molar-refractivity contribution < 1.29 is 4.74 Å². The third-order valence-corrected chi connectivity index (χ3v) is 4.53. The van der Waals surface area contributed by atoms with Crippen molar-refractivity contribution in [3.63, 3.8) is 0 Å². The van der Waals surface area contributed by atoms with E-state index in [0.29, 0.717) is 17.5 Å². The van der Waals surface area contributed by atoms with Crippen molar-refractivity contribution in [2.24, 2.45) is 0 Å². The number of thioether (sulfide) groups is 1. The second kappa shape index (κ2) is 8.04. The maximum absolute atomic E-state index is 6.08. The number of aromatic nitrogens is 1. The molecule has 1 aromatic heterocycles. The van der Waals surface area contributed by atoms with Gasteiger partial charge in [0.15, 0.2) is 0 Å². The minimum atomic E-state index is 0.494. The van der Waals surface area contributed by atoms with Gasteiger partial charge < -0.3 is 4.74 Å². The van der Waals surface area contributed by atoms with Crippen molar-refractivity contribution in [3.05, 3.63) is 89.1 Å². The van der Waals surface area contributed by atoms with Crippen molar-refractivity contribution in [1.29, 1.82) is 0 Å². The molecular weight excluding hydrogens is 326 g/mol. The minimum Gasteiger partial charge on any atom is -0.472 e. The lowest BCUT2D eigenvalue weighted by Crippen LogP contribution is -1.98.